The molecule has 0 atom stereocenters. The van der Waals surface area contributed by atoms with Crippen LogP contribution in [0, 0.1) is 11.7 Å². The van der Waals surface area contributed by atoms with Crippen LogP contribution in [-0.4, -0.2) is 17.3 Å². The zero-order chi connectivity index (χ0) is 13.9. The second-order valence-corrected chi connectivity index (χ2v) is 6.12. The maximum atomic E-state index is 13.6. The SMILES string of the molecule is CC1CCC(O)(CNCc2c(F)cccc2Cl)CC1. The van der Waals surface area contributed by atoms with Crippen LogP contribution >= 0.6 is 11.6 Å². The van der Waals surface area contributed by atoms with E-state index in [1.54, 1.807) is 12.1 Å². The molecule has 1 fully saturated rings. The Labute approximate surface area is 119 Å². The molecule has 1 aliphatic rings. The minimum atomic E-state index is -0.649. The van der Waals surface area contributed by atoms with E-state index in [-0.39, 0.29) is 5.82 Å². The smallest absolute Gasteiger partial charge is 0.129 e. The Bertz CT molecular complexity index is 410. The predicted molar refractivity (Wildman–Crippen MR) is 75.7 cm³/mol. The third-order valence-corrected chi connectivity index (χ3v) is 4.38. The molecule has 1 aliphatic carbocycles. The first-order valence-corrected chi connectivity index (χ1v) is 7.24. The zero-order valence-corrected chi connectivity index (χ0v) is 12.0. The van der Waals surface area contributed by atoms with Gasteiger partial charge in [-0.05, 0) is 43.7 Å². The molecule has 19 heavy (non-hydrogen) atoms. The highest BCUT2D eigenvalue weighted by atomic mass is 35.5. The predicted octanol–water partition coefficient (Wildman–Crippen LogP) is 3.51. The summed E-state index contributed by atoms with van der Waals surface area (Å²) in [6, 6.07) is 4.68. The van der Waals surface area contributed by atoms with Gasteiger partial charge in [0, 0.05) is 23.7 Å². The van der Waals surface area contributed by atoms with E-state index < -0.39 is 5.60 Å². The van der Waals surface area contributed by atoms with Gasteiger partial charge in [-0.15, -0.1) is 0 Å². The molecule has 0 bridgehead atoms. The van der Waals surface area contributed by atoms with E-state index >= 15 is 0 Å². The van der Waals surface area contributed by atoms with Crippen molar-refractivity contribution in [1.82, 2.24) is 5.32 Å². The Hall–Kier alpha value is -0.640. The molecule has 1 aromatic rings. The Morgan fingerprint density at radius 3 is 2.74 bits per heavy atom. The third-order valence-electron chi connectivity index (χ3n) is 4.02. The average molecular weight is 286 g/mol. The Balaban J connectivity index is 1.86. The molecule has 4 heteroatoms. The number of nitrogens with one attached hydrogen (secondary N) is 1. The Kier molecular flexibility index (Phi) is 4.82. The lowest BCUT2D eigenvalue weighted by atomic mass is 9.79. The summed E-state index contributed by atoms with van der Waals surface area (Å²) < 4.78 is 13.6. The first kappa shape index (κ1) is 14.8. The molecule has 0 heterocycles. The zero-order valence-electron chi connectivity index (χ0n) is 11.3. The van der Waals surface area contributed by atoms with E-state index in [1.807, 2.05) is 0 Å². The maximum Gasteiger partial charge on any atom is 0.129 e. The van der Waals surface area contributed by atoms with Crippen molar-refractivity contribution in [3.63, 3.8) is 0 Å². The van der Waals surface area contributed by atoms with Gasteiger partial charge in [0.2, 0.25) is 0 Å². The molecule has 0 aliphatic heterocycles. The van der Waals surface area contributed by atoms with Crippen LogP contribution in [0.15, 0.2) is 18.2 Å². The van der Waals surface area contributed by atoms with Gasteiger partial charge in [0.15, 0.2) is 0 Å². The van der Waals surface area contributed by atoms with Crippen molar-refractivity contribution >= 4 is 11.6 Å². The number of benzene rings is 1. The third kappa shape index (κ3) is 3.91. The summed E-state index contributed by atoms with van der Waals surface area (Å²) in [7, 11) is 0. The molecular weight excluding hydrogens is 265 g/mol. The van der Waals surface area contributed by atoms with Crippen molar-refractivity contribution in [2.75, 3.05) is 6.54 Å². The van der Waals surface area contributed by atoms with Crippen LogP contribution in [0.4, 0.5) is 4.39 Å². The van der Waals surface area contributed by atoms with Gasteiger partial charge in [0.25, 0.3) is 0 Å². The van der Waals surface area contributed by atoms with E-state index in [0.29, 0.717) is 29.6 Å². The molecule has 0 spiro atoms. The Morgan fingerprint density at radius 2 is 2.11 bits per heavy atom. The lowest BCUT2D eigenvalue weighted by Crippen LogP contribution is -2.43. The lowest BCUT2D eigenvalue weighted by Gasteiger charge is -2.35. The highest BCUT2D eigenvalue weighted by Crippen LogP contribution is 2.31. The quantitative estimate of drug-likeness (QED) is 0.887. The molecule has 0 amide bonds. The molecule has 1 saturated carbocycles. The molecule has 0 saturated heterocycles. The van der Waals surface area contributed by atoms with Gasteiger partial charge in [-0.3, -0.25) is 0 Å². The summed E-state index contributed by atoms with van der Waals surface area (Å²) in [5.74, 6) is 0.394. The summed E-state index contributed by atoms with van der Waals surface area (Å²) in [5, 5.41) is 14.0. The highest BCUT2D eigenvalue weighted by molar-refractivity contribution is 6.31. The minimum Gasteiger partial charge on any atom is -0.389 e. The summed E-state index contributed by atoms with van der Waals surface area (Å²) in [4.78, 5) is 0. The van der Waals surface area contributed by atoms with Crippen molar-refractivity contribution in [2.45, 2.75) is 44.8 Å². The Morgan fingerprint density at radius 1 is 1.42 bits per heavy atom. The van der Waals surface area contributed by atoms with Crippen LogP contribution < -0.4 is 5.32 Å². The lowest BCUT2D eigenvalue weighted by molar-refractivity contribution is -0.00635. The van der Waals surface area contributed by atoms with Crippen LogP contribution in [0.5, 0.6) is 0 Å². The average Bonchev–Trinajstić information content (AvgIpc) is 2.37. The topological polar surface area (TPSA) is 32.3 Å². The van der Waals surface area contributed by atoms with Crippen molar-refractivity contribution in [1.29, 1.82) is 0 Å². The molecular formula is C15H21ClFNO. The number of halogens is 2. The van der Waals surface area contributed by atoms with Gasteiger partial charge >= 0.3 is 0 Å². The van der Waals surface area contributed by atoms with Gasteiger partial charge in [0.1, 0.15) is 5.82 Å². The van der Waals surface area contributed by atoms with E-state index in [9.17, 15) is 9.50 Å². The van der Waals surface area contributed by atoms with Crippen molar-refractivity contribution in [3.8, 4) is 0 Å². The molecule has 2 rings (SSSR count). The van der Waals surface area contributed by atoms with Gasteiger partial charge in [0.05, 0.1) is 5.60 Å². The number of hydrogen-bond donors (Lipinski definition) is 2. The monoisotopic (exact) mass is 285 g/mol. The van der Waals surface area contributed by atoms with Gasteiger partial charge < -0.3 is 10.4 Å². The summed E-state index contributed by atoms with van der Waals surface area (Å²) in [6.07, 6.45) is 3.73. The fourth-order valence-corrected chi connectivity index (χ4v) is 2.83. The maximum absolute atomic E-state index is 13.6. The number of aliphatic hydroxyl groups is 1. The standard InChI is InChI=1S/C15H21ClFNO/c1-11-5-7-15(19,8-6-11)10-18-9-12-13(16)3-2-4-14(12)17/h2-4,11,18-19H,5-10H2,1H3. The molecule has 0 aromatic heterocycles. The van der Waals surface area contributed by atoms with Crippen LogP contribution in [0.25, 0.3) is 0 Å². The highest BCUT2D eigenvalue weighted by Gasteiger charge is 2.31. The molecule has 106 valence electrons. The summed E-state index contributed by atoms with van der Waals surface area (Å²) in [6.45, 7) is 3.06. The van der Waals surface area contributed by atoms with Gasteiger partial charge in [-0.2, -0.15) is 0 Å². The van der Waals surface area contributed by atoms with E-state index in [2.05, 4.69) is 12.2 Å². The molecule has 2 N–H and O–H groups in total. The normalized spacial score (nSPS) is 27.5. The van der Waals surface area contributed by atoms with Crippen LogP contribution in [0.2, 0.25) is 5.02 Å². The van der Waals surface area contributed by atoms with Crippen molar-refractivity contribution in [3.05, 3.63) is 34.6 Å². The molecule has 0 radical (unpaired) electrons. The van der Waals surface area contributed by atoms with Crippen LogP contribution in [0.1, 0.15) is 38.2 Å². The number of rotatable bonds is 4. The van der Waals surface area contributed by atoms with Gasteiger partial charge in [-0.1, -0.05) is 24.6 Å². The fourth-order valence-electron chi connectivity index (χ4n) is 2.60. The molecule has 1 aromatic carbocycles. The van der Waals surface area contributed by atoms with E-state index in [4.69, 9.17) is 11.6 Å². The van der Waals surface area contributed by atoms with Crippen molar-refractivity contribution < 1.29 is 9.50 Å². The van der Waals surface area contributed by atoms with E-state index in [1.165, 1.54) is 6.07 Å². The first-order valence-electron chi connectivity index (χ1n) is 6.86. The van der Waals surface area contributed by atoms with Crippen LogP contribution in [0.3, 0.4) is 0 Å². The number of hydrogen-bond acceptors (Lipinski definition) is 2. The van der Waals surface area contributed by atoms with Gasteiger partial charge in [-0.25, -0.2) is 4.39 Å². The summed E-state index contributed by atoms with van der Waals surface area (Å²) >= 11 is 5.96. The molecule has 2 nitrogen and oxygen atoms in total. The van der Waals surface area contributed by atoms with E-state index in [0.717, 1.165) is 25.7 Å². The van der Waals surface area contributed by atoms with Crippen LogP contribution in [-0.2, 0) is 6.54 Å². The first-order chi connectivity index (χ1) is 9.00. The molecule has 0 unspecified atom stereocenters. The summed E-state index contributed by atoms with van der Waals surface area (Å²) in [5.41, 5.74) is -0.179. The minimum absolute atomic E-state index is 0.302. The van der Waals surface area contributed by atoms with Crippen molar-refractivity contribution in [2.24, 2.45) is 5.92 Å². The largest absolute Gasteiger partial charge is 0.389 e. The fraction of sp³-hybridized carbons (Fsp3) is 0.600. The second-order valence-electron chi connectivity index (χ2n) is 5.71. The second kappa shape index (κ2) is 6.21.